The summed E-state index contributed by atoms with van der Waals surface area (Å²) in [5.41, 5.74) is 4.99. The number of para-hydroxylation sites is 2. The molecule has 0 aromatic heterocycles. The number of fused-ring (bicyclic) bond motifs is 1. The highest BCUT2D eigenvalue weighted by Crippen LogP contribution is 2.35. The minimum Gasteiger partial charge on any atom is -0.383 e. The molecule has 1 heterocycles. The highest BCUT2D eigenvalue weighted by Gasteiger charge is 2.16. The highest BCUT2D eigenvalue weighted by atomic mass is 79.9. The van der Waals surface area contributed by atoms with Crippen molar-refractivity contribution in [3.63, 3.8) is 0 Å². The Morgan fingerprint density at radius 3 is 2.84 bits per heavy atom. The van der Waals surface area contributed by atoms with Gasteiger partial charge in [0.1, 0.15) is 0 Å². The second kappa shape index (κ2) is 5.25. The molecule has 0 saturated carbocycles. The van der Waals surface area contributed by atoms with Crippen LogP contribution in [0.1, 0.15) is 12.0 Å². The molecule has 0 atom stereocenters. The molecule has 1 N–H and O–H groups in total. The summed E-state index contributed by atoms with van der Waals surface area (Å²) in [6, 6.07) is 15.1. The largest absolute Gasteiger partial charge is 0.383 e. The van der Waals surface area contributed by atoms with Gasteiger partial charge in [0.15, 0.2) is 0 Å². The van der Waals surface area contributed by atoms with Crippen molar-refractivity contribution >= 4 is 33.0 Å². The number of benzene rings is 2. The summed E-state index contributed by atoms with van der Waals surface area (Å²) in [7, 11) is 0. The molecule has 0 amide bonds. The van der Waals surface area contributed by atoms with Crippen molar-refractivity contribution < 1.29 is 0 Å². The van der Waals surface area contributed by atoms with Gasteiger partial charge >= 0.3 is 0 Å². The van der Waals surface area contributed by atoms with Gasteiger partial charge in [-0.1, -0.05) is 34.1 Å². The molecule has 98 valence electrons. The predicted octanol–water partition coefficient (Wildman–Crippen LogP) is 4.71. The van der Waals surface area contributed by atoms with Crippen LogP contribution in [0.15, 0.2) is 46.9 Å². The maximum atomic E-state index is 3.63. The molecular weight excluding hydrogens is 300 g/mol. The summed E-state index contributed by atoms with van der Waals surface area (Å²) in [4.78, 5) is 2.39. The Bertz CT molecular complexity index is 595. The van der Waals surface area contributed by atoms with Gasteiger partial charge in [-0.15, -0.1) is 0 Å². The zero-order chi connectivity index (χ0) is 13.2. The van der Waals surface area contributed by atoms with E-state index in [0.29, 0.717) is 0 Å². The molecule has 0 bridgehead atoms. The smallest absolute Gasteiger partial charge is 0.0646 e. The molecule has 2 aromatic carbocycles. The third-order valence-corrected chi connectivity index (χ3v) is 4.39. The number of hydrogen-bond acceptors (Lipinski definition) is 2. The minimum absolute atomic E-state index is 1.03. The number of nitrogens with one attached hydrogen (secondary N) is 1. The number of rotatable bonds is 1. The molecule has 0 saturated heterocycles. The summed E-state index contributed by atoms with van der Waals surface area (Å²) in [6.07, 6.45) is 1.14. The van der Waals surface area contributed by atoms with E-state index in [1.807, 2.05) is 0 Å². The molecule has 3 heteroatoms. The maximum Gasteiger partial charge on any atom is 0.0646 e. The van der Waals surface area contributed by atoms with Crippen LogP contribution < -0.4 is 10.2 Å². The summed E-state index contributed by atoms with van der Waals surface area (Å²) >= 11 is 3.63. The second-order valence-corrected chi connectivity index (χ2v) is 5.74. The first-order chi connectivity index (χ1) is 9.25. The summed E-state index contributed by atoms with van der Waals surface area (Å²) < 4.78 is 1.17. The SMILES string of the molecule is Cc1ccc(N2CCCNc3ccccc32)cc1Br. The molecule has 1 aliphatic heterocycles. The van der Waals surface area contributed by atoms with E-state index < -0.39 is 0 Å². The molecule has 0 unspecified atom stereocenters. The molecule has 0 spiro atoms. The molecule has 0 aliphatic carbocycles. The molecule has 2 nitrogen and oxygen atoms in total. The van der Waals surface area contributed by atoms with E-state index in [2.05, 4.69) is 75.5 Å². The van der Waals surface area contributed by atoms with E-state index in [1.54, 1.807) is 0 Å². The molecule has 2 aromatic rings. The highest BCUT2D eigenvalue weighted by molar-refractivity contribution is 9.10. The third kappa shape index (κ3) is 2.47. The van der Waals surface area contributed by atoms with Gasteiger partial charge < -0.3 is 10.2 Å². The Morgan fingerprint density at radius 2 is 2.00 bits per heavy atom. The fourth-order valence-corrected chi connectivity index (χ4v) is 2.82. The van der Waals surface area contributed by atoms with Crippen LogP contribution in [0.4, 0.5) is 17.1 Å². The lowest BCUT2D eigenvalue weighted by Gasteiger charge is -2.25. The lowest BCUT2D eigenvalue weighted by molar-refractivity contribution is 0.863. The van der Waals surface area contributed by atoms with Gasteiger partial charge in [0.25, 0.3) is 0 Å². The monoisotopic (exact) mass is 316 g/mol. The molecule has 0 fully saturated rings. The minimum atomic E-state index is 1.03. The van der Waals surface area contributed by atoms with Crippen LogP contribution in [0.5, 0.6) is 0 Å². The van der Waals surface area contributed by atoms with Gasteiger partial charge in [0, 0.05) is 23.2 Å². The zero-order valence-electron chi connectivity index (χ0n) is 11.0. The van der Waals surface area contributed by atoms with Gasteiger partial charge in [-0.05, 0) is 43.2 Å². The van der Waals surface area contributed by atoms with Crippen LogP contribution >= 0.6 is 15.9 Å². The van der Waals surface area contributed by atoms with E-state index in [9.17, 15) is 0 Å². The summed E-state index contributed by atoms with van der Waals surface area (Å²) in [5.74, 6) is 0. The van der Waals surface area contributed by atoms with Crippen molar-refractivity contribution in [2.45, 2.75) is 13.3 Å². The van der Waals surface area contributed by atoms with Crippen molar-refractivity contribution in [1.82, 2.24) is 0 Å². The number of aryl methyl sites for hydroxylation is 1. The number of hydrogen-bond donors (Lipinski definition) is 1. The molecule has 3 rings (SSSR count). The Kier molecular flexibility index (Phi) is 3.47. The molecule has 1 aliphatic rings. The Balaban J connectivity index is 2.06. The second-order valence-electron chi connectivity index (χ2n) is 4.88. The van der Waals surface area contributed by atoms with E-state index in [1.165, 1.54) is 27.1 Å². The summed E-state index contributed by atoms with van der Waals surface area (Å²) in [5, 5.41) is 3.50. The fourth-order valence-electron chi connectivity index (χ4n) is 2.46. The molecule has 19 heavy (non-hydrogen) atoms. The fraction of sp³-hybridized carbons (Fsp3) is 0.250. The van der Waals surface area contributed by atoms with E-state index >= 15 is 0 Å². The van der Waals surface area contributed by atoms with E-state index in [-0.39, 0.29) is 0 Å². The Hall–Kier alpha value is -1.48. The van der Waals surface area contributed by atoms with Gasteiger partial charge in [-0.3, -0.25) is 0 Å². The van der Waals surface area contributed by atoms with Gasteiger partial charge in [-0.25, -0.2) is 0 Å². The van der Waals surface area contributed by atoms with Crippen molar-refractivity contribution in [1.29, 1.82) is 0 Å². The Labute approximate surface area is 122 Å². The molecular formula is C16H17BrN2. The third-order valence-electron chi connectivity index (χ3n) is 3.54. The maximum absolute atomic E-state index is 3.63. The Morgan fingerprint density at radius 1 is 1.16 bits per heavy atom. The standard InChI is InChI=1S/C16H17BrN2/c1-12-7-8-13(11-14(12)17)19-10-4-9-18-15-5-2-3-6-16(15)19/h2-3,5-8,11,18H,4,9-10H2,1H3. The summed E-state index contributed by atoms with van der Waals surface area (Å²) in [6.45, 7) is 4.19. The van der Waals surface area contributed by atoms with Crippen LogP contribution in [0.25, 0.3) is 0 Å². The number of anilines is 3. The van der Waals surface area contributed by atoms with Crippen LogP contribution in [0, 0.1) is 6.92 Å². The van der Waals surface area contributed by atoms with Gasteiger partial charge in [0.2, 0.25) is 0 Å². The van der Waals surface area contributed by atoms with Crippen LogP contribution in [0.3, 0.4) is 0 Å². The van der Waals surface area contributed by atoms with E-state index in [4.69, 9.17) is 0 Å². The first-order valence-corrected chi connectivity index (χ1v) is 7.41. The average molecular weight is 317 g/mol. The number of nitrogens with zero attached hydrogens (tertiary/aromatic N) is 1. The lowest BCUT2D eigenvalue weighted by atomic mass is 10.2. The van der Waals surface area contributed by atoms with Crippen LogP contribution in [-0.4, -0.2) is 13.1 Å². The van der Waals surface area contributed by atoms with Crippen LogP contribution in [0.2, 0.25) is 0 Å². The lowest BCUT2D eigenvalue weighted by Crippen LogP contribution is -2.17. The van der Waals surface area contributed by atoms with Crippen molar-refractivity contribution in [3.05, 3.63) is 52.5 Å². The van der Waals surface area contributed by atoms with Crippen LogP contribution in [-0.2, 0) is 0 Å². The first-order valence-electron chi connectivity index (χ1n) is 6.62. The van der Waals surface area contributed by atoms with Crippen molar-refractivity contribution in [2.24, 2.45) is 0 Å². The topological polar surface area (TPSA) is 15.3 Å². The quantitative estimate of drug-likeness (QED) is 0.819. The van der Waals surface area contributed by atoms with E-state index in [0.717, 1.165) is 19.5 Å². The van der Waals surface area contributed by atoms with Crippen molar-refractivity contribution in [2.75, 3.05) is 23.3 Å². The van der Waals surface area contributed by atoms with Gasteiger partial charge in [0.05, 0.1) is 11.4 Å². The normalized spacial score (nSPS) is 14.5. The van der Waals surface area contributed by atoms with Gasteiger partial charge in [-0.2, -0.15) is 0 Å². The average Bonchev–Trinajstić information content (AvgIpc) is 2.64. The molecule has 0 radical (unpaired) electrons. The first kappa shape index (κ1) is 12.5. The van der Waals surface area contributed by atoms with Crippen molar-refractivity contribution in [3.8, 4) is 0 Å². The zero-order valence-corrected chi connectivity index (χ0v) is 12.6. The predicted molar refractivity (Wildman–Crippen MR) is 85.4 cm³/mol. The number of halogens is 1.